The van der Waals surface area contributed by atoms with Crippen LogP contribution in [0.4, 0.5) is 0 Å². The van der Waals surface area contributed by atoms with E-state index in [1.165, 1.54) is 0 Å². The Hall–Kier alpha value is -3.18. The number of pyridine rings is 1. The molecule has 0 bridgehead atoms. The Morgan fingerprint density at radius 3 is 2.82 bits per heavy atom. The molecule has 1 atom stereocenters. The predicted octanol–water partition coefficient (Wildman–Crippen LogP) is 4.57. The first-order valence-corrected chi connectivity index (χ1v) is 9.45. The number of aromatic nitrogens is 2. The van der Waals surface area contributed by atoms with E-state index < -0.39 is 5.97 Å². The van der Waals surface area contributed by atoms with Crippen molar-refractivity contribution in [1.29, 1.82) is 0 Å². The maximum absolute atomic E-state index is 13.0. The monoisotopic (exact) mass is 374 g/mol. The van der Waals surface area contributed by atoms with Crippen LogP contribution in [-0.4, -0.2) is 26.7 Å². The van der Waals surface area contributed by atoms with E-state index in [-0.39, 0.29) is 6.10 Å². The predicted molar refractivity (Wildman–Crippen MR) is 110 cm³/mol. The van der Waals surface area contributed by atoms with Gasteiger partial charge in [-0.25, -0.2) is 4.79 Å². The van der Waals surface area contributed by atoms with Crippen molar-refractivity contribution < 1.29 is 14.6 Å². The number of fused-ring (bicyclic) bond motifs is 2. The van der Waals surface area contributed by atoms with Gasteiger partial charge >= 0.3 is 5.97 Å². The fourth-order valence-electron chi connectivity index (χ4n) is 3.46. The van der Waals surface area contributed by atoms with Crippen LogP contribution in [0.5, 0.6) is 5.75 Å². The first kappa shape index (κ1) is 18.2. The number of carbonyl (C=O) groups excluding carboxylic acids is 1. The van der Waals surface area contributed by atoms with Gasteiger partial charge in [0.05, 0.1) is 11.7 Å². The van der Waals surface area contributed by atoms with Crippen LogP contribution < -0.4 is 4.74 Å². The second-order valence-electron chi connectivity index (χ2n) is 6.97. The first-order valence-electron chi connectivity index (χ1n) is 9.45. The van der Waals surface area contributed by atoms with E-state index >= 15 is 0 Å². The van der Waals surface area contributed by atoms with Gasteiger partial charge in [-0.2, -0.15) is 0 Å². The van der Waals surface area contributed by atoms with Gasteiger partial charge in [-0.15, -0.1) is 0 Å². The lowest BCUT2D eigenvalue weighted by Crippen LogP contribution is -2.09. The Morgan fingerprint density at radius 1 is 1.14 bits per heavy atom. The van der Waals surface area contributed by atoms with Gasteiger partial charge in [0, 0.05) is 35.2 Å². The zero-order valence-corrected chi connectivity index (χ0v) is 15.7. The van der Waals surface area contributed by atoms with E-state index in [0.717, 1.165) is 29.3 Å². The van der Waals surface area contributed by atoms with Gasteiger partial charge in [0.15, 0.2) is 5.75 Å². The highest BCUT2D eigenvalue weighted by Crippen LogP contribution is 2.27. The zero-order chi connectivity index (χ0) is 19.5. The Bertz CT molecular complexity index is 1130. The minimum absolute atomic E-state index is 0.329. The van der Waals surface area contributed by atoms with Gasteiger partial charge in [-0.05, 0) is 38.0 Å². The Morgan fingerprint density at radius 2 is 1.96 bits per heavy atom. The maximum Gasteiger partial charge on any atom is 0.345 e. The number of aliphatic hydroxyl groups excluding tert-OH is 1. The van der Waals surface area contributed by atoms with Crippen molar-refractivity contribution in [2.45, 2.75) is 32.4 Å². The summed E-state index contributed by atoms with van der Waals surface area (Å²) in [6, 6.07) is 17.1. The van der Waals surface area contributed by atoms with Crippen LogP contribution in [0.1, 0.15) is 30.1 Å². The van der Waals surface area contributed by atoms with Crippen molar-refractivity contribution >= 4 is 27.8 Å². The quantitative estimate of drug-likeness (QED) is 0.397. The fraction of sp³-hybridized carbons (Fsp3) is 0.217. The molecule has 0 saturated carbocycles. The molecule has 0 spiro atoms. The molecule has 0 aliphatic heterocycles. The molecular weight excluding hydrogens is 352 g/mol. The number of rotatable bonds is 6. The van der Waals surface area contributed by atoms with Crippen LogP contribution in [0, 0.1) is 0 Å². The van der Waals surface area contributed by atoms with Crippen molar-refractivity contribution in [3.8, 4) is 5.75 Å². The van der Waals surface area contributed by atoms with Crippen molar-refractivity contribution in [2.24, 2.45) is 0 Å². The summed E-state index contributed by atoms with van der Waals surface area (Å²) in [4.78, 5) is 17.3. The van der Waals surface area contributed by atoms with Gasteiger partial charge in [-0.3, -0.25) is 4.98 Å². The second kappa shape index (κ2) is 7.82. The Kier molecular flexibility index (Phi) is 5.08. The van der Waals surface area contributed by atoms with Crippen LogP contribution in [0.2, 0.25) is 0 Å². The molecule has 142 valence electrons. The number of hydrogen-bond acceptors (Lipinski definition) is 4. The third-order valence-corrected chi connectivity index (χ3v) is 4.83. The van der Waals surface area contributed by atoms with Crippen molar-refractivity contribution in [3.63, 3.8) is 0 Å². The van der Waals surface area contributed by atoms with E-state index in [2.05, 4.69) is 9.55 Å². The van der Waals surface area contributed by atoms with Gasteiger partial charge < -0.3 is 14.4 Å². The van der Waals surface area contributed by atoms with Crippen LogP contribution in [0.25, 0.3) is 21.8 Å². The lowest BCUT2D eigenvalue weighted by atomic mass is 10.2. The lowest BCUT2D eigenvalue weighted by molar-refractivity contribution is 0.0738. The zero-order valence-electron chi connectivity index (χ0n) is 15.7. The number of ether oxygens (including phenoxy) is 1. The van der Waals surface area contributed by atoms with E-state index in [9.17, 15) is 9.90 Å². The number of aliphatic hydroxyl groups is 1. The summed E-state index contributed by atoms with van der Waals surface area (Å²) in [7, 11) is 0. The van der Waals surface area contributed by atoms with Crippen LogP contribution in [-0.2, 0) is 6.54 Å². The topological polar surface area (TPSA) is 64.4 Å². The average molecular weight is 374 g/mol. The van der Waals surface area contributed by atoms with E-state index in [1.54, 1.807) is 19.2 Å². The normalized spacial score (nSPS) is 12.4. The van der Waals surface area contributed by atoms with Crippen molar-refractivity contribution in [3.05, 3.63) is 72.6 Å². The molecular formula is C23H22N2O3. The molecule has 0 aliphatic rings. The minimum atomic E-state index is -0.399. The van der Waals surface area contributed by atoms with Gasteiger partial charge in [0.2, 0.25) is 0 Å². The van der Waals surface area contributed by atoms with Gasteiger partial charge in [0.1, 0.15) is 5.52 Å². The number of aryl methyl sites for hydroxylation is 1. The summed E-state index contributed by atoms with van der Waals surface area (Å²) >= 11 is 0. The molecule has 1 N–H and O–H groups in total. The summed E-state index contributed by atoms with van der Waals surface area (Å²) in [5.74, 6) is 0.0534. The molecule has 0 fully saturated rings. The Labute approximate surface area is 163 Å². The molecule has 2 aromatic carbocycles. The van der Waals surface area contributed by atoms with Gasteiger partial charge in [-0.1, -0.05) is 36.4 Å². The maximum atomic E-state index is 13.0. The second-order valence-corrected chi connectivity index (χ2v) is 6.97. The highest BCUT2D eigenvalue weighted by molar-refractivity contribution is 6.05. The van der Waals surface area contributed by atoms with Crippen LogP contribution >= 0.6 is 0 Å². The van der Waals surface area contributed by atoms with E-state index in [0.29, 0.717) is 23.3 Å². The number of hydrogen-bond donors (Lipinski definition) is 1. The molecule has 0 unspecified atom stereocenters. The average Bonchev–Trinajstić information content (AvgIpc) is 3.07. The standard InChI is InChI=1S/C23H22N2O3/c1-16(26)7-6-14-25-15-19(18-10-2-3-11-20(18)25)23(27)28-21-12-4-8-17-9-5-13-24-22(17)21/h2-5,8-13,15-16,26H,6-7,14H2,1H3/t16-/m1/s1. The summed E-state index contributed by atoms with van der Waals surface area (Å²) in [5.41, 5.74) is 2.18. The first-order chi connectivity index (χ1) is 13.6. The van der Waals surface area contributed by atoms with Gasteiger partial charge in [0.25, 0.3) is 0 Å². The molecule has 2 aromatic heterocycles. The van der Waals surface area contributed by atoms with E-state index in [1.807, 2.05) is 54.7 Å². The van der Waals surface area contributed by atoms with Crippen molar-refractivity contribution in [2.75, 3.05) is 0 Å². The molecule has 0 radical (unpaired) electrons. The third-order valence-electron chi connectivity index (χ3n) is 4.83. The molecule has 28 heavy (non-hydrogen) atoms. The molecule has 2 heterocycles. The molecule has 0 saturated heterocycles. The highest BCUT2D eigenvalue weighted by Gasteiger charge is 2.18. The largest absolute Gasteiger partial charge is 0.421 e. The summed E-state index contributed by atoms with van der Waals surface area (Å²) in [6.45, 7) is 2.52. The number of carbonyl (C=O) groups is 1. The molecule has 5 heteroatoms. The highest BCUT2D eigenvalue weighted by atomic mass is 16.5. The van der Waals surface area contributed by atoms with E-state index in [4.69, 9.17) is 4.74 Å². The number of esters is 1. The smallest absolute Gasteiger partial charge is 0.345 e. The van der Waals surface area contributed by atoms with Crippen molar-refractivity contribution in [1.82, 2.24) is 9.55 Å². The lowest BCUT2D eigenvalue weighted by Gasteiger charge is -2.07. The number of para-hydroxylation sites is 2. The molecule has 0 amide bonds. The molecule has 4 aromatic rings. The molecule has 5 nitrogen and oxygen atoms in total. The third kappa shape index (κ3) is 3.62. The summed E-state index contributed by atoms with van der Waals surface area (Å²) in [5, 5.41) is 11.3. The van der Waals surface area contributed by atoms with Crippen LogP contribution in [0.3, 0.4) is 0 Å². The molecule has 4 rings (SSSR count). The summed E-state index contributed by atoms with van der Waals surface area (Å²) < 4.78 is 7.77. The number of nitrogens with zero attached hydrogens (tertiary/aromatic N) is 2. The minimum Gasteiger partial charge on any atom is -0.421 e. The fourth-order valence-corrected chi connectivity index (χ4v) is 3.46. The SMILES string of the molecule is C[C@@H](O)CCCn1cc(C(=O)Oc2cccc3cccnc23)c2ccccc21. The Balaban J connectivity index is 1.65. The number of benzene rings is 2. The van der Waals surface area contributed by atoms with Crippen LogP contribution in [0.15, 0.2) is 67.0 Å². The molecule has 0 aliphatic carbocycles. The summed E-state index contributed by atoms with van der Waals surface area (Å²) in [6.07, 6.45) is 4.75.